The Labute approximate surface area is 228 Å². The van der Waals surface area contributed by atoms with Crippen molar-refractivity contribution in [2.75, 3.05) is 19.8 Å². The van der Waals surface area contributed by atoms with E-state index in [4.69, 9.17) is 14.2 Å². The number of hydrogen-bond donors (Lipinski definition) is 2. The number of hydrogen-bond acceptors (Lipinski definition) is 7. The summed E-state index contributed by atoms with van der Waals surface area (Å²) in [6, 6.07) is 20.1. The van der Waals surface area contributed by atoms with Gasteiger partial charge < -0.3 is 19.5 Å². The van der Waals surface area contributed by atoms with Gasteiger partial charge in [0.1, 0.15) is 17.2 Å². The highest BCUT2D eigenvalue weighted by Gasteiger charge is 2.10. The molecule has 0 aromatic heterocycles. The molecule has 0 saturated heterocycles. The van der Waals surface area contributed by atoms with Crippen LogP contribution in [0.5, 0.6) is 17.2 Å². The molecule has 0 aliphatic rings. The molecule has 0 aliphatic carbocycles. The number of unbranched alkanes of at least 4 members (excludes halogenated alkanes) is 1. The summed E-state index contributed by atoms with van der Waals surface area (Å²) in [6.07, 6.45) is 4.36. The van der Waals surface area contributed by atoms with Crippen LogP contribution < -0.4 is 25.0 Å². The van der Waals surface area contributed by atoms with Crippen molar-refractivity contribution in [3.8, 4) is 17.2 Å². The Morgan fingerprint density at radius 3 is 1.95 bits per heavy atom. The molecule has 3 aromatic rings. The van der Waals surface area contributed by atoms with E-state index in [0.717, 1.165) is 19.3 Å². The number of hydrazone groups is 1. The largest absolute Gasteiger partial charge is 0.494 e. The number of amides is 2. The van der Waals surface area contributed by atoms with Crippen molar-refractivity contribution < 1.29 is 28.6 Å². The van der Waals surface area contributed by atoms with Crippen LogP contribution >= 0.6 is 0 Å². The molecule has 3 rings (SSSR count). The van der Waals surface area contributed by atoms with E-state index in [-0.39, 0.29) is 12.5 Å². The first-order valence-electron chi connectivity index (χ1n) is 12.9. The number of ether oxygens (including phenoxy) is 3. The molecule has 0 bridgehead atoms. The minimum absolute atomic E-state index is 0.231. The fourth-order valence-corrected chi connectivity index (χ4v) is 3.21. The average Bonchev–Trinajstić information content (AvgIpc) is 2.96. The molecule has 0 aliphatic heterocycles. The second-order valence-electron chi connectivity index (χ2n) is 8.53. The maximum absolute atomic E-state index is 12.4. The molecule has 39 heavy (non-hydrogen) atoms. The third-order valence-electron chi connectivity index (χ3n) is 5.35. The first kappa shape index (κ1) is 28.9. The van der Waals surface area contributed by atoms with Crippen molar-refractivity contribution in [3.63, 3.8) is 0 Å². The topological polar surface area (TPSA) is 115 Å². The summed E-state index contributed by atoms with van der Waals surface area (Å²) in [5, 5.41) is 6.44. The van der Waals surface area contributed by atoms with Gasteiger partial charge >= 0.3 is 5.97 Å². The zero-order valence-corrected chi connectivity index (χ0v) is 22.1. The molecule has 0 saturated carbocycles. The summed E-state index contributed by atoms with van der Waals surface area (Å²) in [6.45, 7) is 5.12. The maximum atomic E-state index is 12.4. The predicted octanol–water partition coefficient (Wildman–Crippen LogP) is 4.75. The van der Waals surface area contributed by atoms with Crippen LogP contribution in [0, 0.1) is 0 Å². The number of benzene rings is 3. The summed E-state index contributed by atoms with van der Waals surface area (Å²) in [7, 11) is 0. The normalized spacial score (nSPS) is 10.6. The molecule has 2 N–H and O–H groups in total. The third kappa shape index (κ3) is 9.96. The Balaban J connectivity index is 1.40. The van der Waals surface area contributed by atoms with Gasteiger partial charge in [-0.25, -0.2) is 10.2 Å². The van der Waals surface area contributed by atoms with E-state index in [1.165, 1.54) is 6.21 Å². The van der Waals surface area contributed by atoms with Crippen LogP contribution in [0.4, 0.5) is 0 Å². The van der Waals surface area contributed by atoms with Crippen molar-refractivity contribution in [2.24, 2.45) is 5.10 Å². The minimum atomic E-state index is -0.480. The highest BCUT2D eigenvalue weighted by Crippen LogP contribution is 2.17. The third-order valence-corrected chi connectivity index (χ3v) is 5.35. The zero-order chi connectivity index (χ0) is 27.9. The van der Waals surface area contributed by atoms with Crippen LogP contribution in [-0.4, -0.2) is 43.8 Å². The second kappa shape index (κ2) is 15.6. The number of carbonyl (C=O) groups excluding carboxylic acids is 3. The SMILES string of the molecule is CCCCOc1ccc(C(=O)Oc2ccc(/C=N/NC(=O)CNC(=O)c3ccc(OCCC)cc3)cc2)cc1. The lowest BCUT2D eigenvalue weighted by Crippen LogP contribution is -2.34. The van der Waals surface area contributed by atoms with E-state index in [9.17, 15) is 14.4 Å². The van der Waals surface area contributed by atoms with Gasteiger partial charge in [0.15, 0.2) is 0 Å². The molecular weight excluding hydrogens is 498 g/mol. The van der Waals surface area contributed by atoms with Crippen LogP contribution in [0.15, 0.2) is 77.9 Å². The lowest BCUT2D eigenvalue weighted by atomic mass is 10.2. The molecule has 9 nitrogen and oxygen atoms in total. The van der Waals surface area contributed by atoms with E-state index in [0.29, 0.717) is 47.2 Å². The van der Waals surface area contributed by atoms with Crippen molar-refractivity contribution in [1.82, 2.24) is 10.7 Å². The van der Waals surface area contributed by atoms with Gasteiger partial charge in [-0.05, 0) is 91.2 Å². The van der Waals surface area contributed by atoms with Gasteiger partial charge in [0, 0.05) is 5.56 Å². The molecule has 3 aromatic carbocycles. The Hall–Kier alpha value is -4.66. The summed E-state index contributed by atoms with van der Waals surface area (Å²) in [5.74, 6) is 0.433. The molecule has 0 spiro atoms. The number of nitrogens with one attached hydrogen (secondary N) is 2. The Kier molecular flexibility index (Phi) is 11.5. The number of nitrogens with zero attached hydrogens (tertiary/aromatic N) is 1. The lowest BCUT2D eigenvalue weighted by Gasteiger charge is -2.07. The Morgan fingerprint density at radius 1 is 0.744 bits per heavy atom. The smallest absolute Gasteiger partial charge is 0.343 e. The number of carbonyl (C=O) groups is 3. The van der Waals surface area contributed by atoms with E-state index in [1.807, 2.05) is 6.92 Å². The van der Waals surface area contributed by atoms with Gasteiger partial charge in [0.2, 0.25) is 0 Å². The van der Waals surface area contributed by atoms with E-state index < -0.39 is 11.9 Å². The predicted molar refractivity (Wildman–Crippen MR) is 149 cm³/mol. The molecule has 0 radical (unpaired) electrons. The van der Waals surface area contributed by atoms with E-state index in [1.54, 1.807) is 72.8 Å². The van der Waals surface area contributed by atoms with Crippen LogP contribution in [-0.2, 0) is 4.79 Å². The van der Waals surface area contributed by atoms with Gasteiger partial charge in [-0.2, -0.15) is 5.10 Å². The average molecular weight is 532 g/mol. The lowest BCUT2D eigenvalue weighted by molar-refractivity contribution is -0.120. The minimum Gasteiger partial charge on any atom is -0.494 e. The summed E-state index contributed by atoms with van der Waals surface area (Å²) >= 11 is 0. The van der Waals surface area contributed by atoms with Gasteiger partial charge in [-0.15, -0.1) is 0 Å². The van der Waals surface area contributed by atoms with E-state index in [2.05, 4.69) is 22.8 Å². The number of esters is 1. The highest BCUT2D eigenvalue weighted by atomic mass is 16.5. The molecule has 2 amide bonds. The first-order valence-corrected chi connectivity index (χ1v) is 12.9. The van der Waals surface area contributed by atoms with Crippen molar-refractivity contribution in [2.45, 2.75) is 33.1 Å². The monoisotopic (exact) mass is 531 g/mol. The van der Waals surface area contributed by atoms with Gasteiger partial charge in [-0.3, -0.25) is 9.59 Å². The number of rotatable bonds is 14. The fourth-order valence-electron chi connectivity index (χ4n) is 3.21. The quantitative estimate of drug-likeness (QED) is 0.102. The van der Waals surface area contributed by atoms with E-state index >= 15 is 0 Å². The van der Waals surface area contributed by atoms with Crippen LogP contribution in [0.3, 0.4) is 0 Å². The highest BCUT2D eigenvalue weighted by molar-refractivity contribution is 5.96. The molecule has 0 fully saturated rings. The van der Waals surface area contributed by atoms with Gasteiger partial charge in [-0.1, -0.05) is 20.3 Å². The molecular formula is C30H33N3O6. The zero-order valence-electron chi connectivity index (χ0n) is 22.1. The Morgan fingerprint density at radius 2 is 1.33 bits per heavy atom. The summed E-state index contributed by atoms with van der Waals surface area (Å²) in [5.41, 5.74) is 3.87. The van der Waals surface area contributed by atoms with Gasteiger partial charge in [0.25, 0.3) is 11.8 Å². The van der Waals surface area contributed by atoms with Crippen LogP contribution in [0.1, 0.15) is 59.4 Å². The first-order chi connectivity index (χ1) is 19.0. The van der Waals surface area contributed by atoms with Crippen molar-refractivity contribution in [1.29, 1.82) is 0 Å². The second-order valence-corrected chi connectivity index (χ2v) is 8.53. The van der Waals surface area contributed by atoms with Crippen LogP contribution in [0.2, 0.25) is 0 Å². The fraction of sp³-hybridized carbons (Fsp3) is 0.267. The van der Waals surface area contributed by atoms with Crippen LogP contribution in [0.25, 0.3) is 0 Å². The van der Waals surface area contributed by atoms with Crippen molar-refractivity contribution in [3.05, 3.63) is 89.5 Å². The molecule has 0 unspecified atom stereocenters. The molecule has 0 heterocycles. The van der Waals surface area contributed by atoms with Gasteiger partial charge in [0.05, 0.1) is 31.5 Å². The molecule has 9 heteroatoms. The Bertz CT molecular complexity index is 1240. The summed E-state index contributed by atoms with van der Waals surface area (Å²) in [4.78, 5) is 36.6. The summed E-state index contributed by atoms with van der Waals surface area (Å²) < 4.78 is 16.5. The van der Waals surface area contributed by atoms with Crippen molar-refractivity contribution >= 4 is 24.0 Å². The standard InChI is InChI=1S/C30H33N3O6/c1-3-5-19-38-26-16-10-24(11-17-26)30(36)39-27-12-6-22(7-13-27)20-32-33-28(34)21-31-29(35)23-8-14-25(15-9-23)37-18-4-2/h6-17,20H,3-5,18-19,21H2,1-2H3,(H,31,35)(H,33,34)/b32-20+. The molecule has 0 atom stereocenters. The molecule has 204 valence electrons. The maximum Gasteiger partial charge on any atom is 0.343 e.